The van der Waals surface area contributed by atoms with E-state index in [1.54, 1.807) is 4.68 Å². The Morgan fingerprint density at radius 3 is 2.88 bits per heavy atom. The van der Waals surface area contributed by atoms with Crippen molar-refractivity contribution in [2.24, 2.45) is 0 Å². The van der Waals surface area contributed by atoms with E-state index in [0.29, 0.717) is 6.54 Å². The van der Waals surface area contributed by atoms with Crippen LogP contribution in [0.1, 0.15) is 19.8 Å². The Hall–Kier alpha value is -0.590. The monoisotopic (exact) mass is 264 g/mol. The third-order valence-corrected chi connectivity index (χ3v) is 3.91. The fraction of sp³-hybridized carbons (Fsp3) is 0.667. The topological polar surface area (TPSA) is 61.2 Å². The minimum absolute atomic E-state index is 0.0280. The summed E-state index contributed by atoms with van der Waals surface area (Å²) < 4.78 is 29.2. The van der Waals surface area contributed by atoms with Crippen molar-refractivity contribution in [2.75, 3.05) is 0 Å². The number of halogens is 1. The highest BCUT2D eigenvalue weighted by Crippen LogP contribution is 2.21. The molecule has 0 aromatic carbocycles. The van der Waals surface area contributed by atoms with Crippen LogP contribution >= 0.6 is 10.7 Å². The lowest BCUT2D eigenvalue weighted by molar-refractivity contribution is 0.0436. The summed E-state index contributed by atoms with van der Waals surface area (Å²) in [4.78, 5) is 0.0280. The SMILES string of the molecule is CC1CCC(Cn2cc(S(=O)(=O)Cl)cn2)O1. The lowest BCUT2D eigenvalue weighted by Gasteiger charge is -2.10. The van der Waals surface area contributed by atoms with Gasteiger partial charge in [0.2, 0.25) is 0 Å². The summed E-state index contributed by atoms with van der Waals surface area (Å²) in [6.07, 6.45) is 5.07. The fourth-order valence-electron chi connectivity index (χ4n) is 1.80. The molecule has 1 aliphatic heterocycles. The van der Waals surface area contributed by atoms with E-state index in [1.807, 2.05) is 6.92 Å². The molecule has 16 heavy (non-hydrogen) atoms. The van der Waals surface area contributed by atoms with Gasteiger partial charge in [0, 0.05) is 16.9 Å². The summed E-state index contributed by atoms with van der Waals surface area (Å²) in [6.45, 7) is 2.59. The van der Waals surface area contributed by atoms with Gasteiger partial charge >= 0.3 is 0 Å². The van der Waals surface area contributed by atoms with Gasteiger partial charge < -0.3 is 4.74 Å². The molecular formula is C9H13ClN2O3S. The maximum atomic E-state index is 11.0. The zero-order chi connectivity index (χ0) is 11.8. The van der Waals surface area contributed by atoms with E-state index >= 15 is 0 Å². The summed E-state index contributed by atoms with van der Waals surface area (Å²) in [7, 11) is 1.52. The molecule has 2 atom stereocenters. The van der Waals surface area contributed by atoms with Crippen molar-refractivity contribution in [1.29, 1.82) is 0 Å². The Morgan fingerprint density at radius 1 is 1.62 bits per heavy atom. The van der Waals surface area contributed by atoms with Gasteiger partial charge in [-0.25, -0.2) is 8.42 Å². The predicted molar refractivity (Wildman–Crippen MR) is 58.8 cm³/mol. The van der Waals surface area contributed by atoms with Crippen LogP contribution in [0.4, 0.5) is 0 Å². The van der Waals surface area contributed by atoms with Crippen molar-refractivity contribution in [1.82, 2.24) is 9.78 Å². The molecule has 0 spiro atoms. The second kappa shape index (κ2) is 4.35. The van der Waals surface area contributed by atoms with Gasteiger partial charge in [0.25, 0.3) is 9.05 Å². The van der Waals surface area contributed by atoms with Gasteiger partial charge in [-0.2, -0.15) is 5.10 Å². The lowest BCUT2D eigenvalue weighted by Crippen LogP contribution is -2.16. The van der Waals surface area contributed by atoms with E-state index in [4.69, 9.17) is 15.4 Å². The highest BCUT2D eigenvalue weighted by atomic mass is 35.7. The largest absolute Gasteiger partial charge is 0.373 e. The predicted octanol–water partition coefficient (Wildman–Crippen LogP) is 1.38. The molecule has 1 aromatic rings. The maximum absolute atomic E-state index is 11.0. The van der Waals surface area contributed by atoms with Gasteiger partial charge in [0.1, 0.15) is 4.90 Å². The van der Waals surface area contributed by atoms with Gasteiger partial charge in [-0.15, -0.1) is 0 Å². The van der Waals surface area contributed by atoms with Crippen molar-refractivity contribution in [3.63, 3.8) is 0 Å². The molecule has 2 heterocycles. The van der Waals surface area contributed by atoms with Crippen LogP contribution in [0, 0.1) is 0 Å². The minimum atomic E-state index is -3.68. The Morgan fingerprint density at radius 2 is 2.38 bits per heavy atom. The summed E-state index contributed by atoms with van der Waals surface area (Å²) in [5.74, 6) is 0. The second-order valence-electron chi connectivity index (χ2n) is 3.98. The highest BCUT2D eigenvalue weighted by Gasteiger charge is 2.23. The summed E-state index contributed by atoms with van der Waals surface area (Å²) in [5, 5.41) is 3.94. The van der Waals surface area contributed by atoms with E-state index in [9.17, 15) is 8.42 Å². The van der Waals surface area contributed by atoms with Crippen LogP contribution in [-0.2, 0) is 20.3 Å². The summed E-state index contributed by atoms with van der Waals surface area (Å²) in [6, 6.07) is 0. The standard InChI is InChI=1S/C9H13ClN2O3S/c1-7-2-3-8(15-7)5-12-6-9(4-11-12)16(10,13)14/h4,6-8H,2-3,5H2,1H3. The molecule has 0 bridgehead atoms. The van der Waals surface area contributed by atoms with E-state index in [-0.39, 0.29) is 17.1 Å². The molecular weight excluding hydrogens is 252 g/mol. The normalized spacial score (nSPS) is 26.1. The molecule has 0 amide bonds. The molecule has 1 fully saturated rings. The first-order valence-corrected chi connectivity index (χ1v) is 7.38. The molecule has 0 radical (unpaired) electrons. The molecule has 90 valence electrons. The second-order valence-corrected chi connectivity index (χ2v) is 6.55. The quantitative estimate of drug-likeness (QED) is 0.774. The number of ether oxygens (including phenoxy) is 1. The number of nitrogens with zero attached hydrogens (tertiary/aromatic N) is 2. The fourth-order valence-corrected chi connectivity index (χ4v) is 2.46. The zero-order valence-electron chi connectivity index (χ0n) is 8.84. The Balaban J connectivity index is 2.03. The van der Waals surface area contributed by atoms with Crippen molar-refractivity contribution in [3.8, 4) is 0 Å². The van der Waals surface area contributed by atoms with Crippen LogP contribution < -0.4 is 0 Å². The van der Waals surface area contributed by atoms with Crippen molar-refractivity contribution in [2.45, 2.75) is 43.4 Å². The third kappa shape index (κ3) is 2.75. The van der Waals surface area contributed by atoms with Crippen LogP contribution in [0.2, 0.25) is 0 Å². The number of hydrogen-bond acceptors (Lipinski definition) is 4. The molecule has 0 N–H and O–H groups in total. The average Bonchev–Trinajstić information content (AvgIpc) is 2.74. The Labute approximate surface area is 98.8 Å². The first-order chi connectivity index (χ1) is 7.45. The van der Waals surface area contributed by atoms with Crippen molar-refractivity contribution < 1.29 is 13.2 Å². The van der Waals surface area contributed by atoms with Crippen LogP contribution in [0.5, 0.6) is 0 Å². The van der Waals surface area contributed by atoms with Gasteiger partial charge in [-0.1, -0.05) is 0 Å². The smallest absolute Gasteiger partial charge is 0.264 e. The molecule has 1 aromatic heterocycles. The summed E-state index contributed by atoms with van der Waals surface area (Å²) in [5.41, 5.74) is 0. The molecule has 2 unspecified atom stereocenters. The molecule has 1 aliphatic rings. The minimum Gasteiger partial charge on any atom is -0.373 e. The number of rotatable bonds is 3. The zero-order valence-corrected chi connectivity index (χ0v) is 10.4. The van der Waals surface area contributed by atoms with E-state index in [2.05, 4.69) is 5.10 Å². The molecule has 0 saturated carbocycles. The van der Waals surface area contributed by atoms with Crippen molar-refractivity contribution in [3.05, 3.63) is 12.4 Å². The molecule has 0 aliphatic carbocycles. The van der Waals surface area contributed by atoms with Gasteiger partial charge in [-0.3, -0.25) is 4.68 Å². The van der Waals surface area contributed by atoms with Crippen LogP contribution in [0.25, 0.3) is 0 Å². The van der Waals surface area contributed by atoms with E-state index < -0.39 is 9.05 Å². The molecule has 1 saturated heterocycles. The third-order valence-electron chi connectivity index (χ3n) is 2.60. The Kier molecular flexibility index (Phi) is 3.23. The molecule has 2 rings (SSSR count). The first kappa shape index (κ1) is 11.9. The average molecular weight is 265 g/mol. The van der Waals surface area contributed by atoms with Gasteiger partial charge in [-0.05, 0) is 19.8 Å². The first-order valence-electron chi connectivity index (χ1n) is 5.08. The van der Waals surface area contributed by atoms with Crippen LogP contribution in [0.3, 0.4) is 0 Å². The highest BCUT2D eigenvalue weighted by molar-refractivity contribution is 8.13. The van der Waals surface area contributed by atoms with Crippen molar-refractivity contribution >= 4 is 19.7 Å². The molecule has 5 nitrogen and oxygen atoms in total. The van der Waals surface area contributed by atoms with Crippen LogP contribution in [-0.4, -0.2) is 30.4 Å². The number of aromatic nitrogens is 2. The maximum Gasteiger partial charge on any atom is 0.264 e. The molecule has 7 heteroatoms. The van der Waals surface area contributed by atoms with Crippen LogP contribution in [0.15, 0.2) is 17.3 Å². The number of hydrogen-bond donors (Lipinski definition) is 0. The Bertz CT molecular complexity index is 471. The van der Waals surface area contributed by atoms with E-state index in [1.165, 1.54) is 12.4 Å². The van der Waals surface area contributed by atoms with Gasteiger partial charge in [0.05, 0.1) is 24.9 Å². The van der Waals surface area contributed by atoms with E-state index in [0.717, 1.165) is 12.8 Å². The lowest BCUT2D eigenvalue weighted by atomic mass is 10.2. The van der Waals surface area contributed by atoms with Gasteiger partial charge in [0.15, 0.2) is 0 Å². The summed E-state index contributed by atoms with van der Waals surface area (Å²) >= 11 is 0.